The first kappa shape index (κ1) is 18.2. The van der Waals surface area contributed by atoms with E-state index >= 15 is 0 Å². The smallest absolute Gasteiger partial charge is 0.191 e. The molecule has 3 rings (SSSR count). The Morgan fingerprint density at radius 3 is 2.44 bits per heavy atom. The van der Waals surface area contributed by atoms with Crippen LogP contribution in [0, 0.1) is 0 Å². The standard InChI is InChI=1S/C18H28N4O2S/c1-19-17(20-9-10-22-11-13-25(23,24)14-12-22)21-15-18(7-8-18)16-5-3-2-4-6-16/h2-6H,7-15H2,1H3,(H2,19,20,21). The van der Waals surface area contributed by atoms with Crippen LogP contribution in [0.3, 0.4) is 0 Å². The normalized spacial score (nSPS) is 22.4. The van der Waals surface area contributed by atoms with Gasteiger partial charge in [0.05, 0.1) is 11.5 Å². The van der Waals surface area contributed by atoms with Crippen LogP contribution in [0.4, 0.5) is 0 Å². The van der Waals surface area contributed by atoms with Crippen molar-refractivity contribution in [3.05, 3.63) is 35.9 Å². The maximum absolute atomic E-state index is 11.5. The summed E-state index contributed by atoms with van der Waals surface area (Å²) in [5, 5.41) is 6.78. The number of nitrogens with zero attached hydrogens (tertiary/aromatic N) is 2. The zero-order chi connectivity index (χ0) is 17.8. The quantitative estimate of drug-likeness (QED) is 0.572. The van der Waals surface area contributed by atoms with Crippen molar-refractivity contribution in [3.8, 4) is 0 Å². The van der Waals surface area contributed by atoms with E-state index < -0.39 is 9.84 Å². The van der Waals surface area contributed by atoms with Gasteiger partial charge in [-0.2, -0.15) is 0 Å². The summed E-state index contributed by atoms with van der Waals surface area (Å²) < 4.78 is 22.9. The van der Waals surface area contributed by atoms with E-state index in [0.29, 0.717) is 13.1 Å². The molecule has 2 aliphatic rings. The predicted octanol–water partition coefficient (Wildman–Crippen LogP) is 0.614. The Balaban J connectivity index is 1.40. The second kappa shape index (κ2) is 7.74. The lowest BCUT2D eigenvalue weighted by molar-refractivity contribution is 0.299. The van der Waals surface area contributed by atoms with Crippen molar-refractivity contribution in [2.75, 3.05) is 51.3 Å². The number of benzene rings is 1. The molecule has 1 aromatic carbocycles. The summed E-state index contributed by atoms with van der Waals surface area (Å²) >= 11 is 0. The van der Waals surface area contributed by atoms with Crippen LogP contribution in [-0.4, -0.2) is 70.6 Å². The maximum atomic E-state index is 11.5. The molecule has 0 aromatic heterocycles. The molecule has 0 atom stereocenters. The fourth-order valence-electron chi connectivity index (χ4n) is 3.29. The Hall–Kier alpha value is -1.60. The minimum absolute atomic E-state index is 0.250. The number of hydrogen-bond acceptors (Lipinski definition) is 4. The summed E-state index contributed by atoms with van der Waals surface area (Å²) in [6.45, 7) is 3.75. The maximum Gasteiger partial charge on any atom is 0.191 e. The van der Waals surface area contributed by atoms with Crippen LogP contribution >= 0.6 is 0 Å². The van der Waals surface area contributed by atoms with Crippen LogP contribution in [0.5, 0.6) is 0 Å². The zero-order valence-corrected chi connectivity index (χ0v) is 15.7. The molecule has 0 unspecified atom stereocenters. The number of hydrogen-bond donors (Lipinski definition) is 2. The highest BCUT2D eigenvalue weighted by Gasteiger charge is 2.43. The first-order chi connectivity index (χ1) is 12.0. The van der Waals surface area contributed by atoms with Crippen molar-refractivity contribution < 1.29 is 8.42 Å². The largest absolute Gasteiger partial charge is 0.356 e. The van der Waals surface area contributed by atoms with E-state index in [0.717, 1.165) is 25.6 Å². The molecule has 25 heavy (non-hydrogen) atoms. The van der Waals surface area contributed by atoms with Crippen LogP contribution in [0.25, 0.3) is 0 Å². The first-order valence-corrected chi connectivity index (χ1v) is 10.8. The molecular formula is C18H28N4O2S. The third-order valence-electron chi connectivity index (χ3n) is 5.22. The highest BCUT2D eigenvalue weighted by molar-refractivity contribution is 7.91. The van der Waals surface area contributed by atoms with Gasteiger partial charge in [0.25, 0.3) is 0 Å². The van der Waals surface area contributed by atoms with Gasteiger partial charge in [0.15, 0.2) is 15.8 Å². The number of guanidine groups is 1. The molecule has 1 aromatic rings. The SMILES string of the molecule is CN=C(NCCN1CCS(=O)(=O)CC1)NCC1(c2ccccc2)CC1. The Morgan fingerprint density at radius 1 is 1.16 bits per heavy atom. The van der Waals surface area contributed by atoms with Gasteiger partial charge in [-0.25, -0.2) is 8.42 Å². The van der Waals surface area contributed by atoms with E-state index in [-0.39, 0.29) is 16.9 Å². The summed E-state index contributed by atoms with van der Waals surface area (Å²) in [7, 11) is -1.02. The van der Waals surface area contributed by atoms with Gasteiger partial charge in [0.1, 0.15) is 0 Å². The molecule has 7 heteroatoms. The van der Waals surface area contributed by atoms with Crippen LogP contribution in [0.2, 0.25) is 0 Å². The number of rotatable bonds is 6. The van der Waals surface area contributed by atoms with Crippen LogP contribution in [0.1, 0.15) is 18.4 Å². The van der Waals surface area contributed by atoms with E-state index in [1.807, 2.05) is 0 Å². The van der Waals surface area contributed by atoms with E-state index in [2.05, 4.69) is 50.9 Å². The Labute approximate surface area is 150 Å². The number of nitrogens with one attached hydrogen (secondary N) is 2. The van der Waals surface area contributed by atoms with Crippen LogP contribution in [0.15, 0.2) is 35.3 Å². The molecule has 0 spiro atoms. The Kier molecular flexibility index (Phi) is 5.64. The van der Waals surface area contributed by atoms with Gasteiger partial charge >= 0.3 is 0 Å². The molecule has 1 aliphatic heterocycles. The Bertz CT molecular complexity index is 685. The van der Waals surface area contributed by atoms with Crippen molar-refractivity contribution >= 4 is 15.8 Å². The summed E-state index contributed by atoms with van der Waals surface area (Å²) in [5.41, 5.74) is 1.65. The third-order valence-corrected chi connectivity index (χ3v) is 6.82. The van der Waals surface area contributed by atoms with Gasteiger partial charge in [-0.1, -0.05) is 30.3 Å². The molecule has 2 N–H and O–H groups in total. The molecule has 1 heterocycles. The zero-order valence-electron chi connectivity index (χ0n) is 14.9. The van der Waals surface area contributed by atoms with Crippen molar-refractivity contribution in [1.29, 1.82) is 0 Å². The minimum atomic E-state index is -2.80. The van der Waals surface area contributed by atoms with Crippen molar-refractivity contribution in [3.63, 3.8) is 0 Å². The van der Waals surface area contributed by atoms with Crippen molar-refractivity contribution in [2.24, 2.45) is 4.99 Å². The van der Waals surface area contributed by atoms with Gasteiger partial charge in [-0.05, 0) is 18.4 Å². The fourth-order valence-corrected chi connectivity index (χ4v) is 4.57. The van der Waals surface area contributed by atoms with Gasteiger partial charge in [-0.3, -0.25) is 9.89 Å². The molecule has 1 saturated heterocycles. The van der Waals surface area contributed by atoms with E-state index in [9.17, 15) is 8.42 Å². The summed E-state index contributed by atoms with van der Waals surface area (Å²) in [6, 6.07) is 10.7. The fraction of sp³-hybridized carbons (Fsp3) is 0.611. The number of aliphatic imine (C=N–C) groups is 1. The van der Waals surface area contributed by atoms with Crippen molar-refractivity contribution in [1.82, 2.24) is 15.5 Å². The van der Waals surface area contributed by atoms with Gasteiger partial charge in [0, 0.05) is 45.2 Å². The van der Waals surface area contributed by atoms with E-state index in [1.165, 1.54) is 18.4 Å². The molecule has 0 radical (unpaired) electrons. The average Bonchev–Trinajstić information content (AvgIpc) is 3.41. The molecule has 6 nitrogen and oxygen atoms in total. The minimum Gasteiger partial charge on any atom is -0.356 e. The average molecular weight is 365 g/mol. The molecule has 138 valence electrons. The van der Waals surface area contributed by atoms with E-state index in [4.69, 9.17) is 0 Å². The lowest BCUT2D eigenvalue weighted by Crippen LogP contribution is -2.46. The highest BCUT2D eigenvalue weighted by atomic mass is 32.2. The topological polar surface area (TPSA) is 73.8 Å². The summed E-state index contributed by atoms with van der Waals surface area (Å²) in [6.07, 6.45) is 2.42. The molecule has 1 saturated carbocycles. The van der Waals surface area contributed by atoms with Crippen LogP contribution in [-0.2, 0) is 15.3 Å². The lowest BCUT2D eigenvalue weighted by Gasteiger charge is -2.27. The Morgan fingerprint density at radius 2 is 1.84 bits per heavy atom. The van der Waals surface area contributed by atoms with Crippen molar-refractivity contribution in [2.45, 2.75) is 18.3 Å². The second-order valence-corrected chi connectivity index (χ2v) is 9.30. The highest BCUT2D eigenvalue weighted by Crippen LogP contribution is 2.47. The van der Waals surface area contributed by atoms with Gasteiger partial charge in [-0.15, -0.1) is 0 Å². The molecule has 0 amide bonds. The molecular weight excluding hydrogens is 336 g/mol. The molecule has 0 bridgehead atoms. The van der Waals surface area contributed by atoms with Crippen LogP contribution < -0.4 is 10.6 Å². The molecule has 1 aliphatic carbocycles. The third kappa shape index (κ3) is 4.95. The summed E-state index contributed by atoms with van der Waals surface area (Å²) in [4.78, 5) is 6.49. The van der Waals surface area contributed by atoms with E-state index in [1.54, 1.807) is 7.05 Å². The second-order valence-electron chi connectivity index (χ2n) is 6.99. The monoisotopic (exact) mass is 364 g/mol. The molecule has 2 fully saturated rings. The number of sulfone groups is 1. The van der Waals surface area contributed by atoms with Gasteiger partial charge < -0.3 is 10.6 Å². The lowest BCUT2D eigenvalue weighted by atomic mass is 9.96. The van der Waals surface area contributed by atoms with Gasteiger partial charge in [0.2, 0.25) is 0 Å². The predicted molar refractivity (Wildman–Crippen MR) is 102 cm³/mol. The first-order valence-electron chi connectivity index (χ1n) is 8.96. The summed E-state index contributed by atoms with van der Waals surface area (Å²) in [5.74, 6) is 1.37.